The van der Waals surface area contributed by atoms with Crippen molar-refractivity contribution in [3.8, 4) is 0 Å². The molecule has 0 unspecified atom stereocenters. The molecule has 0 spiro atoms. The number of rotatable bonds is 6. The van der Waals surface area contributed by atoms with Gasteiger partial charge in [0.1, 0.15) is 5.82 Å². The molecule has 3 aromatic carbocycles. The van der Waals surface area contributed by atoms with Crippen LogP contribution in [0.2, 0.25) is 0 Å². The summed E-state index contributed by atoms with van der Waals surface area (Å²) in [7, 11) is 0. The van der Waals surface area contributed by atoms with Gasteiger partial charge in [-0.3, -0.25) is 4.79 Å². The minimum Gasteiger partial charge on any atom is -0.352 e. The number of hydrogen-bond donors (Lipinski definition) is 1. The molecule has 0 saturated heterocycles. The van der Waals surface area contributed by atoms with Gasteiger partial charge in [0.25, 0.3) is 5.91 Å². The van der Waals surface area contributed by atoms with E-state index in [0.717, 1.165) is 29.0 Å². The molecule has 1 N–H and O–H groups in total. The van der Waals surface area contributed by atoms with Crippen LogP contribution in [0.15, 0.2) is 72.8 Å². The fourth-order valence-corrected chi connectivity index (χ4v) is 3.88. The molecule has 1 amide bonds. The van der Waals surface area contributed by atoms with Crippen LogP contribution in [0.5, 0.6) is 0 Å². The number of para-hydroxylation sites is 2. The molecule has 0 atom stereocenters. The molecule has 0 radical (unpaired) electrons. The van der Waals surface area contributed by atoms with Crippen molar-refractivity contribution < 1.29 is 4.79 Å². The number of amides is 1. The van der Waals surface area contributed by atoms with E-state index in [4.69, 9.17) is 4.98 Å². The first-order valence-electron chi connectivity index (χ1n) is 11.2. The lowest BCUT2D eigenvalue weighted by molar-refractivity contribution is 0.0954. The first-order valence-corrected chi connectivity index (χ1v) is 11.2. The number of fused-ring (bicyclic) bond motifs is 1. The Morgan fingerprint density at radius 2 is 1.62 bits per heavy atom. The van der Waals surface area contributed by atoms with Crippen LogP contribution < -0.4 is 5.32 Å². The number of aryl methyl sites for hydroxylation is 1. The van der Waals surface area contributed by atoms with Gasteiger partial charge in [0, 0.05) is 25.1 Å². The van der Waals surface area contributed by atoms with Crippen molar-refractivity contribution in [2.75, 3.05) is 6.54 Å². The molecular weight excluding hydrogens is 394 g/mol. The Balaban J connectivity index is 1.51. The summed E-state index contributed by atoms with van der Waals surface area (Å²) in [5.41, 5.74) is 6.64. The van der Waals surface area contributed by atoms with Crippen LogP contribution in [-0.4, -0.2) is 22.0 Å². The summed E-state index contributed by atoms with van der Waals surface area (Å²) in [6.45, 7) is 10.0. The lowest BCUT2D eigenvalue weighted by Crippen LogP contribution is -2.26. The number of benzene rings is 3. The Morgan fingerprint density at radius 1 is 0.938 bits per heavy atom. The standard InChI is InChI=1S/C28H31N3O/c1-20-9-13-22(14-10-20)27(32)29-18-17-26-30-24-7-5-6-8-25(24)31(26)19-21-11-15-23(16-12-21)28(2,3)4/h5-16H,17-19H2,1-4H3,(H,29,32). The smallest absolute Gasteiger partial charge is 0.251 e. The van der Waals surface area contributed by atoms with Crippen LogP contribution in [0.3, 0.4) is 0 Å². The molecule has 0 aliphatic heterocycles. The van der Waals surface area contributed by atoms with Crippen molar-refractivity contribution in [3.63, 3.8) is 0 Å². The fourth-order valence-electron chi connectivity index (χ4n) is 3.88. The predicted molar refractivity (Wildman–Crippen MR) is 131 cm³/mol. The van der Waals surface area contributed by atoms with Gasteiger partial charge in [-0.1, -0.05) is 74.9 Å². The fraction of sp³-hybridized carbons (Fsp3) is 0.286. The topological polar surface area (TPSA) is 46.9 Å². The van der Waals surface area contributed by atoms with E-state index in [1.165, 1.54) is 11.1 Å². The summed E-state index contributed by atoms with van der Waals surface area (Å²) in [6, 6.07) is 24.7. The Hall–Kier alpha value is -3.40. The van der Waals surface area contributed by atoms with Gasteiger partial charge < -0.3 is 9.88 Å². The third-order valence-corrected chi connectivity index (χ3v) is 5.84. The van der Waals surface area contributed by atoms with Crippen LogP contribution in [0.25, 0.3) is 11.0 Å². The third-order valence-electron chi connectivity index (χ3n) is 5.84. The van der Waals surface area contributed by atoms with E-state index in [2.05, 4.69) is 61.0 Å². The molecule has 4 heteroatoms. The number of carbonyl (C=O) groups excluding carboxylic acids is 1. The van der Waals surface area contributed by atoms with Crippen LogP contribution in [0.4, 0.5) is 0 Å². The van der Waals surface area contributed by atoms with Crippen molar-refractivity contribution in [2.24, 2.45) is 0 Å². The molecule has 0 saturated carbocycles. The minimum atomic E-state index is -0.0505. The van der Waals surface area contributed by atoms with Crippen molar-refractivity contribution >= 4 is 16.9 Å². The summed E-state index contributed by atoms with van der Waals surface area (Å²) >= 11 is 0. The SMILES string of the molecule is Cc1ccc(C(=O)NCCc2nc3ccccc3n2Cc2ccc(C(C)(C)C)cc2)cc1. The number of aromatic nitrogens is 2. The number of nitrogens with one attached hydrogen (secondary N) is 1. The van der Waals surface area contributed by atoms with E-state index in [9.17, 15) is 4.79 Å². The van der Waals surface area contributed by atoms with E-state index in [0.29, 0.717) is 18.5 Å². The zero-order chi connectivity index (χ0) is 22.7. The first-order chi connectivity index (χ1) is 15.3. The number of imidazole rings is 1. The van der Waals surface area contributed by atoms with Gasteiger partial charge in [-0.05, 0) is 47.7 Å². The lowest BCUT2D eigenvalue weighted by atomic mass is 9.87. The molecular formula is C28H31N3O. The molecule has 32 heavy (non-hydrogen) atoms. The monoisotopic (exact) mass is 425 g/mol. The van der Waals surface area contributed by atoms with Crippen molar-refractivity contribution in [1.82, 2.24) is 14.9 Å². The second-order valence-corrected chi connectivity index (χ2v) is 9.42. The van der Waals surface area contributed by atoms with E-state index in [1.807, 2.05) is 49.4 Å². The van der Waals surface area contributed by atoms with E-state index >= 15 is 0 Å². The maximum atomic E-state index is 12.5. The van der Waals surface area contributed by atoms with E-state index in [-0.39, 0.29) is 11.3 Å². The summed E-state index contributed by atoms with van der Waals surface area (Å²) in [5.74, 6) is 0.931. The molecule has 0 fully saturated rings. The molecule has 0 aliphatic rings. The van der Waals surface area contributed by atoms with Crippen molar-refractivity contribution in [3.05, 3.63) is 101 Å². The molecule has 4 aromatic rings. The van der Waals surface area contributed by atoms with Gasteiger partial charge in [0.2, 0.25) is 0 Å². The van der Waals surface area contributed by atoms with Crippen LogP contribution in [-0.2, 0) is 18.4 Å². The minimum absolute atomic E-state index is 0.0505. The summed E-state index contributed by atoms with van der Waals surface area (Å²) < 4.78 is 2.26. The molecule has 0 bridgehead atoms. The Kier molecular flexibility index (Phi) is 6.13. The normalized spacial score (nSPS) is 11.6. The third kappa shape index (κ3) is 4.91. The quantitative estimate of drug-likeness (QED) is 0.433. The highest BCUT2D eigenvalue weighted by molar-refractivity contribution is 5.94. The molecule has 4 rings (SSSR count). The maximum Gasteiger partial charge on any atom is 0.251 e. The van der Waals surface area contributed by atoms with Gasteiger partial charge in [-0.15, -0.1) is 0 Å². The first kappa shape index (κ1) is 21.8. The van der Waals surface area contributed by atoms with Crippen molar-refractivity contribution in [2.45, 2.75) is 46.1 Å². The van der Waals surface area contributed by atoms with E-state index in [1.54, 1.807) is 0 Å². The average Bonchev–Trinajstić information content (AvgIpc) is 3.11. The molecule has 1 aromatic heterocycles. The highest BCUT2D eigenvalue weighted by Gasteiger charge is 2.15. The summed E-state index contributed by atoms with van der Waals surface area (Å²) in [4.78, 5) is 17.3. The predicted octanol–water partition coefficient (Wildman–Crippen LogP) is 5.66. The van der Waals surface area contributed by atoms with Gasteiger partial charge in [-0.25, -0.2) is 4.98 Å². The molecule has 4 nitrogen and oxygen atoms in total. The van der Waals surface area contributed by atoms with Gasteiger partial charge in [-0.2, -0.15) is 0 Å². The highest BCUT2D eigenvalue weighted by atomic mass is 16.1. The van der Waals surface area contributed by atoms with Gasteiger partial charge in [0.15, 0.2) is 0 Å². The number of hydrogen-bond acceptors (Lipinski definition) is 2. The molecule has 1 heterocycles. The lowest BCUT2D eigenvalue weighted by Gasteiger charge is -2.19. The molecule has 164 valence electrons. The van der Waals surface area contributed by atoms with Crippen LogP contribution in [0.1, 0.15) is 53.6 Å². The Labute approximate surface area is 190 Å². The summed E-state index contributed by atoms with van der Waals surface area (Å²) in [6.07, 6.45) is 0.673. The average molecular weight is 426 g/mol. The second-order valence-electron chi connectivity index (χ2n) is 9.42. The van der Waals surface area contributed by atoms with Crippen molar-refractivity contribution in [1.29, 1.82) is 0 Å². The number of nitrogens with zero attached hydrogens (tertiary/aromatic N) is 2. The van der Waals surface area contributed by atoms with E-state index < -0.39 is 0 Å². The highest BCUT2D eigenvalue weighted by Crippen LogP contribution is 2.23. The van der Waals surface area contributed by atoms with Gasteiger partial charge in [0.05, 0.1) is 11.0 Å². The molecule has 0 aliphatic carbocycles. The Bertz CT molecular complexity index is 1210. The number of carbonyl (C=O) groups is 1. The maximum absolute atomic E-state index is 12.5. The van der Waals surface area contributed by atoms with Gasteiger partial charge >= 0.3 is 0 Å². The zero-order valence-corrected chi connectivity index (χ0v) is 19.4. The van der Waals surface area contributed by atoms with Crippen LogP contribution in [0, 0.1) is 6.92 Å². The summed E-state index contributed by atoms with van der Waals surface area (Å²) in [5, 5.41) is 3.03. The Morgan fingerprint density at radius 3 is 2.31 bits per heavy atom. The van der Waals surface area contributed by atoms with Crippen LogP contribution >= 0.6 is 0 Å². The largest absolute Gasteiger partial charge is 0.352 e. The second kappa shape index (κ2) is 8.99. The zero-order valence-electron chi connectivity index (χ0n) is 19.4.